The van der Waals surface area contributed by atoms with Gasteiger partial charge in [-0.2, -0.15) is 10.2 Å². The van der Waals surface area contributed by atoms with Crippen molar-refractivity contribution in [1.29, 1.82) is 5.26 Å². The Hall–Kier alpha value is -7.89. The Morgan fingerprint density at radius 3 is 2.34 bits per heavy atom. The zero-order chi connectivity index (χ0) is 59.7. The van der Waals surface area contributed by atoms with E-state index >= 15 is 13.2 Å². The number of likely N-dealkylation sites (N-methyl/N-ethyl adjacent to an activating group) is 1. The predicted octanol–water partition coefficient (Wildman–Crippen LogP) is 10.9. The van der Waals surface area contributed by atoms with Crippen LogP contribution >= 0.6 is 34.8 Å². The maximum Gasteiger partial charge on any atom is 0.251 e. The molecule has 0 saturated carbocycles. The van der Waals surface area contributed by atoms with Crippen molar-refractivity contribution in [3.05, 3.63) is 146 Å². The minimum Gasteiger partial charge on any atom is -0.508 e. The largest absolute Gasteiger partial charge is 0.508 e. The van der Waals surface area contributed by atoms with E-state index in [4.69, 9.17) is 44.5 Å². The van der Waals surface area contributed by atoms with Crippen molar-refractivity contribution in [2.45, 2.75) is 64.0 Å². The van der Waals surface area contributed by atoms with Crippen molar-refractivity contribution in [3.8, 4) is 28.7 Å². The van der Waals surface area contributed by atoms with Crippen LogP contribution in [0.25, 0.3) is 32.8 Å². The Morgan fingerprint density at radius 1 is 0.892 bits per heavy atom. The number of carbonyl (C=O) groups is 4. The number of methoxy groups -OCH3 is 1. The maximum atomic E-state index is 17.1. The fraction of sp³-hybridized carbons (Fsp3) is 0.328. The number of rotatable bonds is 16. The molecule has 432 valence electrons. The van der Waals surface area contributed by atoms with Crippen LogP contribution < -0.4 is 30.9 Å². The lowest BCUT2D eigenvalue weighted by atomic mass is 9.62. The second kappa shape index (κ2) is 24.5. The third-order valence-corrected chi connectivity index (χ3v) is 16.1. The number of fused-ring (bicyclic) bond motifs is 2. The fourth-order valence-corrected chi connectivity index (χ4v) is 11.9. The summed E-state index contributed by atoms with van der Waals surface area (Å²) in [6, 6.07) is 24.4. The van der Waals surface area contributed by atoms with E-state index in [1.165, 1.54) is 73.5 Å². The fourth-order valence-electron chi connectivity index (χ4n) is 11.2. The predicted molar refractivity (Wildman–Crippen MR) is 316 cm³/mol. The topological polar surface area (TPSA) is 205 Å². The summed E-state index contributed by atoms with van der Waals surface area (Å²) in [6.07, 6.45) is 0.222. The third kappa shape index (κ3) is 12.3. The van der Waals surface area contributed by atoms with Crippen molar-refractivity contribution in [2.24, 2.45) is 5.41 Å². The molecule has 83 heavy (non-hydrogen) atoms. The number of nitriles is 1. The Kier molecular flexibility index (Phi) is 17.6. The number of carbonyl (C=O) groups excluding carboxylic acids is 4. The Labute approximate surface area is 492 Å². The van der Waals surface area contributed by atoms with E-state index in [0.717, 1.165) is 6.07 Å². The standard InChI is InChI=1S/C61H60Cl3F3N10O6/c1-33(78)76-22-24-77(25-23-76)56-41-30-44(64)50(40-29-37(79)26-34-10-7-8-11-38(34)40)53(67)54(41)73-59(74-56)70-19-18-49(80)75(5)21-20-69-57(81)35-14-17-46(47(27-35)83-6)71-58(82)55-51(39-12-9-13-43(63)52(39)66)61(32-68,48(72-55)31-60(2,3)4)42-16-15-36(62)28-45(42)65/h7-17,26-30,48,51,55,72,79H,18-25,31H2,1-6H3,(H,69,81)(H,71,82)(H,70,73,74)/t48-,51-,55+,61-/m0/s1. The van der Waals surface area contributed by atoms with Gasteiger partial charge < -0.3 is 45.8 Å². The number of aromatic hydroxyl groups is 1. The highest BCUT2D eigenvalue weighted by atomic mass is 35.5. The first-order valence-corrected chi connectivity index (χ1v) is 27.9. The monoisotopic (exact) mass is 1190 g/mol. The molecular weight excluding hydrogens is 1130 g/mol. The van der Waals surface area contributed by atoms with Crippen LogP contribution in [0, 0.1) is 34.2 Å². The van der Waals surface area contributed by atoms with Gasteiger partial charge in [-0.1, -0.05) is 98.0 Å². The molecular formula is C61H60Cl3F3N10O6. The van der Waals surface area contributed by atoms with Gasteiger partial charge in [0.1, 0.15) is 39.9 Å². The Bertz CT molecular complexity index is 3740. The zero-order valence-corrected chi connectivity index (χ0v) is 48.5. The van der Waals surface area contributed by atoms with E-state index in [0.29, 0.717) is 53.7 Å². The second-order valence-corrected chi connectivity index (χ2v) is 23.1. The number of hydrogen-bond acceptors (Lipinski definition) is 12. The maximum absolute atomic E-state index is 17.1. The van der Waals surface area contributed by atoms with E-state index in [2.05, 4.69) is 32.3 Å². The van der Waals surface area contributed by atoms with Crippen LogP contribution in [0.3, 0.4) is 0 Å². The van der Waals surface area contributed by atoms with Crippen LogP contribution in [0.1, 0.15) is 67.9 Å². The van der Waals surface area contributed by atoms with Crippen LogP contribution in [0.4, 0.5) is 30.6 Å². The van der Waals surface area contributed by atoms with Gasteiger partial charge in [0.25, 0.3) is 5.91 Å². The summed E-state index contributed by atoms with van der Waals surface area (Å²) in [5, 5.41) is 35.5. The lowest BCUT2D eigenvalue weighted by Crippen LogP contribution is -2.48. The number of nitrogens with zero attached hydrogens (tertiary/aromatic N) is 6. The zero-order valence-electron chi connectivity index (χ0n) is 46.3. The van der Waals surface area contributed by atoms with Crippen LogP contribution in [0.15, 0.2) is 97.1 Å². The molecule has 6 aromatic carbocycles. The van der Waals surface area contributed by atoms with Crippen molar-refractivity contribution >= 4 is 97.6 Å². The van der Waals surface area contributed by atoms with Crippen LogP contribution in [-0.2, 0) is 19.8 Å². The number of hydrogen-bond donors (Lipinski definition) is 5. The molecule has 2 fully saturated rings. The van der Waals surface area contributed by atoms with Gasteiger partial charge in [-0.25, -0.2) is 18.2 Å². The first-order valence-electron chi connectivity index (χ1n) is 26.8. The summed E-state index contributed by atoms with van der Waals surface area (Å²) in [5.74, 6) is -4.89. The minimum absolute atomic E-state index is 0.0373. The molecule has 1 aromatic heterocycles. The summed E-state index contributed by atoms with van der Waals surface area (Å²) in [6.45, 7) is 9.12. The Morgan fingerprint density at radius 2 is 1.64 bits per heavy atom. The quantitative estimate of drug-likeness (QED) is 0.0613. The molecule has 16 nitrogen and oxygen atoms in total. The number of piperazine rings is 1. The lowest BCUT2D eigenvalue weighted by molar-refractivity contribution is -0.130. The molecule has 2 saturated heterocycles. The second-order valence-electron chi connectivity index (χ2n) is 21.9. The third-order valence-electron chi connectivity index (χ3n) is 15.2. The van der Waals surface area contributed by atoms with Gasteiger partial charge in [-0.15, -0.1) is 0 Å². The van der Waals surface area contributed by atoms with Gasteiger partial charge in [-0.3, -0.25) is 19.2 Å². The number of anilines is 3. The number of halogens is 6. The van der Waals surface area contributed by atoms with Crippen LogP contribution in [0.2, 0.25) is 15.1 Å². The summed E-state index contributed by atoms with van der Waals surface area (Å²) in [5.41, 5.74) is -1.83. The Balaban J connectivity index is 0.872. The number of amides is 4. The molecule has 0 unspecified atom stereocenters. The van der Waals surface area contributed by atoms with Crippen molar-refractivity contribution < 1.29 is 42.2 Å². The molecule has 0 spiro atoms. The molecule has 5 N–H and O–H groups in total. The summed E-state index contributed by atoms with van der Waals surface area (Å²) in [7, 11) is 2.92. The van der Waals surface area contributed by atoms with Gasteiger partial charge in [0.2, 0.25) is 23.7 Å². The van der Waals surface area contributed by atoms with Gasteiger partial charge in [0.15, 0.2) is 5.82 Å². The number of phenolic OH excluding ortho intramolecular Hbond substituents is 1. The average Bonchev–Trinajstić information content (AvgIpc) is 3.93. The number of ether oxygens (including phenoxy) is 1. The molecule has 0 aliphatic carbocycles. The molecule has 2 aliphatic rings. The number of aromatic nitrogens is 2. The molecule has 4 amide bonds. The molecule has 9 rings (SSSR count). The van der Waals surface area contributed by atoms with Crippen LogP contribution in [-0.4, -0.2) is 121 Å². The molecule has 7 aromatic rings. The van der Waals surface area contributed by atoms with Gasteiger partial charge in [0, 0.05) is 105 Å². The summed E-state index contributed by atoms with van der Waals surface area (Å²) >= 11 is 19.4. The summed E-state index contributed by atoms with van der Waals surface area (Å²) in [4.78, 5) is 68.3. The van der Waals surface area contributed by atoms with Gasteiger partial charge in [0.05, 0.1) is 35.0 Å². The van der Waals surface area contributed by atoms with Crippen LogP contribution in [0.5, 0.6) is 11.5 Å². The minimum atomic E-state index is -1.86. The summed E-state index contributed by atoms with van der Waals surface area (Å²) < 4.78 is 55.2. The number of benzene rings is 6. The highest BCUT2D eigenvalue weighted by Gasteiger charge is 2.61. The van der Waals surface area contributed by atoms with E-state index < -0.39 is 58.1 Å². The molecule has 0 bridgehead atoms. The normalized spacial score (nSPS) is 18.0. The molecule has 4 atom stereocenters. The average molecular weight is 1190 g/mol. The van der Waals surface area contributed by atoms with Crippen molar-refractivity contribution in [1.82, 2.24) is 30.4 Å². The SMILES string of the molecule is COc1cc(C(=O)NCCN(C)C(=O)CCNc2nc(N3CCN(C(C)=O)CC3)c3cc(Cl)c(-c4cc(O)cc5ccccc45)c(F)c3n2)ccc1NC(=O)[C@@H]1N[C@@H](CC(C)(C)C)[C@](C#N)(c2ccc(Cl)cc2F)[C@H]1c1cccc(Cl)c1F. The number of nitrogens with one attached hydrogen (secondary N) is 4. The molecule has 22 heteroatoms. The van der Waals surface area contributed by atoms with E-state index in [-0.39, 0.29) is 110 Å². The van der Waals surface area contributed by atoms with E-state index in [9.17, 15) is 29.5 Å². The molecule has 2 aliphatic heterocycles. The number of phenols is 1. The lowest BCUT2D eigenvalue weighted by Gasteiger charge is -2.37. The van der Waals surface area contributed by atoms with E-state index in [1.54, 1.807) is 36.2 Å². The first kappa shape index (κ1) is 59.7. The molecule has 0 radical (unpaired) electrons. The highest BCUT2D eigenvalue weighted by molar-refractivity contribution is 6.35. The van der Waals surface area contributed by atoms with Gasteiger partial charge in [-0.05, 0) is 88.3 Å². The van der Waals surface area contributed by atoms with E-state index in [1.807, 2.05) is 37.8 Å². The van der Waals surface area contributed by atoms with Crippen molar-refractivity contribution in [2.75, 3.05) is 75.5 Å². The van der Waals surface area contributed by atoms with Crippen molar-refractivity contribution in [3.63, 3.8) is 0 Å². The molecule has 3 heterocycles. The van der Waals surface area contributed by atoms with Gasteiger partial charge >= 0.3 is 0 Å². The smallest absolute Gasteiger partial charge is 0.251 e. The highest BCUT2D eigenvalue weighted by Crippen LogP contribution is 2.53. The first-order chi connectivity index (χ1) is 39.5.